The summed E-state index contributed by atoms with van der Waals surface area (Å²) in [5.41, 5.74) is 0.542. The molecule has 12 heteroatoms. The number of amides is 1. The van der Waals surface area contributed by atoms with Crippen LogP contribution in [-0.4, -0.2) is 57.1 Å². The number of nitrogens with zero attached hydrogens (tertiary/aromatic N) is 1. The number of halogens is 3. The Morgan fingerprint density at radius 2 is 2.14 bits per heavy atom. The van der Waals surface area contributed by atoms with Crippen molar-refractivity contribution in [3.05, 3.63) is 44.0 Å². The average molecular weight is 417 g/mol. The number of carbonyl (C=O) groups is 1. The number of alkyl halides is 2. The number of carbonyl (C=O) groups excluding carboxylic acids is 1. The summed E-state index contributed by atoms with van der Waals surface area (Å²) >= 11 is 5.97. The largest absolute Gasteiger partial charge is 0.479 e. The highest BCUT2D eigenvalue weighted by molar-refractivity contribution is 6.31. The number of fused-ring (bicyclic) bond motifs is 1. The van der Waals surface area contributed by atoms with Crippen LogP contribution in [0.4, 0.5) is 8.78 Å². The van der Waals surface area contributed by atoms with Gasteiger partial charge in [-0.25, -0.2) is 8.78 Å². The van der Waals surface area contributed by atoms with Crippen molar-refractivity contribution in [2.45, 2.75) is 18.8 Å². The third kappa shape index (κ3) is 5.80. The first-order chi connectivity index (χ1) is 13.1. The van der Waals surface area contributed by atoms with Crippen LogP contribution >= 0.6 is 11.6 Å². The van der Waals surface area contributed by atoms with Crippen molar-refractivity contribution in [3.63, 3.8) is 0 Å². The number of hydrogen-bond acceptors (Lipinski definition) is 6. The number of rotatable bonds is 9. The topological polar surface area (TPSA) is 99.9 Å². The Hall–Kier alpha value is -2.40. The highest BCUT2D eigenvalue weighted by Crippen LogP contribution is 2.38. The first kappa shape index (κ1) is 21.9. The Morgan fingerprint density at radius 1 is 1.43 bits per heavy atom. The van der Waals surface area contributed by atoms with E-state index in [1.54, 1.807) is 13.0 Å². The molecule has 1 aliphatic heterocycles. The lowest BCUT2D eigenvalue weighted by Crippen LogP contribution is -2.46. The summed E-state index contributed by atoms with van der Waals surface area (Å²) in [6.07, 6.45) is -0.723. The molecule has 2 rings (SSSR count). The SMILES string of the molecule is [B]C(F)(F)[C@H]1Oc2c(C)cc(Cl)cc2C=C1C(=O)NCCOCCO[N+](=O)[O-]. The van der Waals surface area contributed by atoms with E-state index in [1.165, 1.54) is 12.1 Å². The van der Waals surface area contributed by atoms with Crippen LogP contribution in [0.3, 0.4) is 0 Å². The van der Waals surface area contributed by atoms with E-state index in [1.807, 2.05) is 0 Å². The van der Waals surface area contributed by atoms with E-state index >= 15 is 0 Å². The Balaban J connectivity index is 2.04. The van der Waals surface area contributed by atoms with E-state index in [-0.39, 0.29) is 37.7 Å². The number of nitrogens with one attached hydrogen (secondary N) is 1. The van der Waals surface area contributed by atoms with Crippen LogP contribution in [0, 0.1) is 17.0 Å². The summed E-state index contributed by atoms with van der Waals surface area (Å²) in [7, 11) is 4.91. The molecule has 1 aromatic rings. The van der Waals surface area contributed by atoms with E-state index < -0.39 is 22.9 Å². The fourth-order valence-corrected chi connectivity index (χ4v) is 2.81. The second-order valence-corrected chi connectivity index (χ2v) is 6.27. The normalized spacial score (nSPS) is 15.9. The lowest BCUT2D eigenvalue weighted by Gasteiger charge is -2.32. The molecule has 0 aliphatic carbocycles. The smallest absolute Gasteiger partial charge is 0.294 e. The minimum absolute atomic E-state index is 0.00778. The molecule has 1 atom stereocenters. The third-order valence-corrected chi connectivity index (χ3v) is 3.88. The van der Waals surface area contributed by atoms with Crippen LogP contribution in [-0.2, 0) is 14.4 Å². The molecule has 2 radical (unpaired) electrons. The molecule has 28 heavy (non-hydrogen) atoms. The van der Waals surface area contributed by atoms with Gasteiger partial charge < -0.3 is 19.6 Å². The molecule has 0 fully saturated rings. The molecule has 0 unspecified atom stereocenters. The zero-order valence-corrected chi connectivity index (χ0v) is 15.5. The second kappa shape index (κ2) is 9.20. The molecular formula is C16H16BClF2N2O6. The van der Waals surface area contributed by atoms with Gasteiger partial charge in [0.15, 0.2) is 14.0 Å². The first-order valence-corrected chi connectivity index (χ1v) is 8.45. The fourth-order valence-electron chi connectivity index (χ4n) is 2.53. The van der Waals surface area contributed by atoms with Crippen molar-refractivity contribution < 1.29 is 33.0 Å². The third-order valence-electron chi connectivity index (χ3n) is 3.67. The van der Waals surface area contributed by atoms with Crippen molar-refractivity contribution in [1.29, 1.82) is 0 Å². The summed E-state index contributed by atoms with van der Waals surface area (Å²) < 4.78 is 38.0. The maximum absolute atomic E-state index is 13.8. The van der Waals surface area contributed by atoms with E-state index in [4.69, 9.17) is 28.9 Å². The van der Waals surface area contributed by atoms with Gasteiger partial charge in [-0.2, -0.15) is 0 Å². The lowest BCUT2D eigenvalue weighted by molar-refractivity contribution is -0.758. The molecule has 0 saturated heterocycles. The molecule has 1 aliphatic rings. The zero-order chi connectivity index (χ0) is 20.9. The molecule has 0 spiro atoms. The molecule has 0 aromatic heterocycles. The quantitative estimate of drug-likeness (QED) is 0.286. The summed E-state index contributed by atoms with van der Waals surface area (Å²) in [5.74, 6) is -4.45. The fraction of sp³-hybridized carbons (Fsp3) is 0.438. The van der Waals surface area contributed by atoms with Gasteiger partial charge >= 0.3 is 0 Å². The Labute approximate surface area is 165 Å². The molecule has 0 saturated carbocycles. The van der Waals surface area contributed by atoms with Crippen LogP contribution < -0.4 is 10.1 Å². The van der Waals surface area contributed by atoms with E-state index in [9.17, 15) is 23.7 Å². The van der Waals surface area contributed by atoms with Crippen LogP contribution in [0.15, 0.2) is 17.7 Å². The van der Waals surface area contributed by atoms with E-state index in [0.717, 1.165) is 0 Å². The van der Waals surface area contributed by atoms with Crippen LogP contribution in [0.2, 0.25) is 5.02 Å². The number of ether oxygens (including phenoxy) is 2. The van der Waals surface area contributed by atoms with Crippen LogP contribution in [0.5, 0.6) is 5.75 Å². The average Bonchev–Trinajstić information content (AvgIpc) is 2.58. The molecular weight excluding hydrogens is 400 g/mol. The van der Waals surface area contributed by atoms with Gasteiger partial charge in [-0.15, -0.1) is 10.1 Å². The standard InChI is InChI=1S/C16H16BClF2N2O6/c1-9-6-11(18)7-10-8-12(14(16(17,19)20)28-13(9)10)15(23)21-2-3-26-4-5-27-22(24)25/h6-8,14H,2-5H2,1H3,(H,21,23)/t14-/m0/s1. The second-order valence-electron chi connectivity index (χ2n) is 5.84. The van der Waals surface area contributed by atoms with Gasteiger partial charge in [0.05, 0.1) is 18.8 Å². The first-order valence-electron chi connectivity index (χ1n) is 8.08. The van der Waals surface area contributed by atoms with Crippen molar-refractivity contribution in [2.24, 2.45) is 0 Å². The van der Waals surface area contributed by atoms with Gasteiger partial charge in [0.2, 0.25) is 5.82 Å². The number of benzene rings is 1. The molecule has 1 heterocycles. The van der Waals surface area contributed by atoms with Gasteiger partial charge in [0, 0.05) is 17.1 Å². The molecule has 8 nitrogen and oxygen atoms in total. The van der Waals surface area contributed by atoms with Crippen molar-refractivity contribution in [1.82, 2.24) is 5.32 Å². The highest BCUT2D eigenvalue weighted by Gasteiger charge is 2.43. The Morgan fingerprint density at radius 3 is 2.79 bits per heavy atom. The predicted molar refractivity (Wildman–Crippen MR) is 96.1 cm³/mol. The number of aryl methyl sites for hydroxylation is 1. The zero-order valence-electron chi connectivity index (χ0n) is 14.7. The molecule has 0 bridgehead atoms. The van der Waals surface area contributed by atoms with E-state index in [2.05, 4.69) is 10.2 Å². The summed E-state index contributed by atoms with van der Waals surface area (Å²) in [4.78, 5) is 26.4. The maximum Gasteiger partial charge on any atom is 0.294 e. The Kier molecular flexibility index (Phi) is 7.19. The van der Waals surface area contributed by atoms with E-state index in [0.29, 0.717) is 16.1 Å². The molecule has 1 amide bonds. The van der Waals surface area contributed by atoms with Crippen molar-refractivity contribution >= 4 is 31.4 Å². The van der Waals surface area contributed by atoms with Crippen LogP contribution in [0.1, 0.15) is 11.1 Å². The molecule has 1 aromatic carbocycles. The Bertz CT molecular complexity index is 787. The van der Waals surface area contributed by atoms with Gasteiger partial charge in [0.25, 0.3) is 11.0 Å². The van der Waals surface area contributed by atoms with Gasteiger partial charge in [0.1, 0.15) is 12.4 Å². The monoisotopic (exact) mass is 416 g/mol. The number of hydrogen-bond donors (Lipinski definition) is 1. The predicted octanol–water partition coefficient (Wildman–Crippen LogP) is 1.90. The van der Waals surface area contributed by atoms with Crippen molar-refractivity contribution in [2.75, 3.05) is 26.4 Å². The summed E-state index contributed by atoms with van der Waals surface area (Å²) in [6.45, 7) is 1.26. The summed E-state index contributed by atoms with van der Waals surface area (Å²) in [6, 6.07) is 3.03. The van der Waals surface area contributed by atoms with Crippen LogP contribution in [0.25, 0.3) is 6.08 Å². The van der Waals surface area contributed by atoms with Gasteiger partial charge in [-0.05, 0) is 30.7 Å². The van der Waals surface area contributed by atoms with Gasteiger partial charge in [-0.3, -0.25) is 4.79 Å². The molecule has 150 valence electrons. The minimum atomic E-state index is -3.80. The minimum Gasteiger partial charge on any atom is -0.479 e. The lowest BCUT2D eigenvalue weighted by atomic mass is 9.85. The summed E-state index contributed by atoms with van der Waals surface area (Å²) in [5, 5.41) is 11.8. The van der Waals surface area contributed by atoms with Crippen molar-refractivity contribution in [3.8, 4) is 5.75 Å². The van der Waals surface area contributed by atoms with Gasteiger partial charge in [-0.1, -0.05) is 11.6 Å². The highest BCUT2D eigenvalue weighted by atomic mass is 35.5. The molecule has 1 N–H and O–H groups in total. The maximum atomic E-state index is 13.8.